The smallest absolute Gasteiger partial charge is 0.307 e. The fourth-order valence-corrected chi connectivity index (χ4v) is 4.35. The third-order valence-corrected chi connectivity index (χ3v) is 6.74. The van der Waals surface area contributed by atoms with Crippen molar-refractivity contribution in [2.24, 2.45) is 0 Å². The normalized spacial score (nSPS) is 14.2. The van der Waals surface area contributed by atoms with E-state index in [1.807, 2.05) is 60.7 Å². The molecule has 2 aromatic rings. The Labute approximate surface area is 195 Å². The molecule has 0 aliphatic heterocycles. The molecule has 7 nitrogen and oxygen atoms in total. The van der Waals surface area contributed by atoms with Gasteiger partial charge in [-0.1, -0.05) is 60.7 Å². The zero-order chi connectivity index (χ0) is 24.4. The average Bonchev–Trinajstić information content (AvgIpc) is 2.79. The van der Waals surface area contributed by atoms with Crippen molar-refractivity contribution in [3.8, 4) is 0 Å². The van der Waals surface area contributed by atoms with E-state index in [2.05, 4.69) is 4.72 Å². The number of ketones is 1. The first kappa shape index (κ1) is 26.4. The van der Waals surface area contributed by atoms with Gasteiger partial charge in [0.15, 0.2) is 0 Å². The lowest BCUT2D eigenvalue weighted by atomic mass is 10.0. The summed E-state index contributed by atoms with van der Waals surface area (Å²) in [6.45, 7) is 6.02. The average molecular weight is 474 g/mol. The van der Waals surface area contributed by atoms with Crippen LogP contribution in [0.25, 0.3) is 0 Å². The predicted octanol–water partition coefficient (Wildman–Crippen LogP) is 3.90. The van der Waals surface area contributed by atoms with Crippen molar-refractivity contribution in [2.45, 2.75) is 58.6 Å². The van der Waals surface area contributed by atoms with Gasteiger partial charge in [-0.2, -0.15) is 0 Å². The van der Waals surface area contributed by atoms with E-state index in [9.17, 15) is 18.0 Å². The van der Waals surface area contributed by atoms with Gasteiger partial charge in [-0.3, -0.25) is 9.59 Å². The lowest BCUT2D eigenvalue weighted by molar-refractivity contribution is -0.137. The summed E-state index contributed by atoms with van der Waals surface area (Å²) in [7, 11) is -3.90. The quantitative estimate of drug-likeness (QED) is 0.371. The number of ether oxygens (including phenoxy) is 2. The maximum Gasteiger partial charge on any atom is 0.307 e. The molecule has 2 rings (SSSR count). The van der Waals surface area contributed by atoms with Gasteiger partial charge in [-0.25, -0.2) is 13.1 Å². The van der Waals surface area contributed by atoms with Crippen molar-refractivity contribution in [1.29, 1.82) is 0 Å². The molecule has 0 aliphatic rings. The standard InChI is InChI=1S/C25H31NO6S/c1-18(27)15-24(31-17-23-13-9-6-10-14-23)19(2)25(32-21(4)28)20(3)33(29,30)26-16-22-11-7-5-8-12-22/h5-14,20,24,26H,15-17H2,1-4H3/b25-19+. The predicted molar refractivity (Wildman–Crippen MR) is 126 cm³/mol. The lowest BCUT2D eigenvalue weighted by Crippen LogP contribution is -2.36. The summed E-state index contributed by atoms with van der Waals surface area (Å²) in [4.78, 5) is 23.7. The first-order valence-corrected chi connectivity index (χ1v) is 12.2. The Morgan fingerprint density at radius 1 is 0.909 bits per heavy atom. The van der Waals surface area contributed by atoms with Crippen LogP contribution in [0, 0.1) is 0 Å². The number of benzene rings is 2. The van der Waals surface area contributed by atoms with Gasteiger partial charge < -0.3 is 9.47 Å². The lowest BCUT2D eigenvalue weighted by Gasteiger charge is -2.24. The van der Waals surface area contributed by atoms with Gasteiger partial charge in [0.05, 0.1) is 12.7 Å². The zero-order valence-electron chi connectivity index (χ0n) is 19.4. The number of hydrogen-bond acceptors (Lipinski definition) is 6. The summed E-state index contributed by atoms with van der Waals surface area (Å²) in [5.74, 6) is -0.825. The molecule has 2 atom stereocenters. The minimum Gasteiger partial charge on any atom is -0.430 e. The molecule has 0 heterocycles. The summed E-state index contributed by atoms with van der Waals surface area (Å²) in [5, 5.41) is -1.18. The van der Waals surface area contributed by atoms with Crippen LogP contribution < -0.4 is 4.72 Å². The zero-order valence-corrected chi connectivity index (χ0v) is 20.2. The molecule has 33 heavy (non-hydrogen) atoms. The van der Waals surface area contributed by atoms with Crippen molar-refractivity contribution in [2.75, 3.05) is 0 Å². The first-order valence-electron chi connectivity index (χ1n) is 10.7. The van der Waals surface area contributed by atoms with Crippen LogP contribution in [0.2, 0.25) is 0 Å². The van der Waals surface area contributed by atoms with Crippen LogP contribution in [0.3, 0.4) is 0 Å². The minimum absolute atomic E-state index is 0.0215. The summed E-state index contributed by atoms with van der Waals surface area (Å²) in [6.07, 6.45) is -0.725. The summed E-state index contributed by atoms with van der Waals surface area (Å²) in [5.41, 5.74) is 2.08. The number of carbonyl (C=O) groups excluding carboxylic acids is 2. The maximum absolute atomic E-state index is 13.0. The number of nitrogens with one attached hydrogen (secondary N) is 1. The van der Waals surface area contributed by atoms with Crippen LogP contribution in [0.1, 0.15) is 45.2 Å². The Morgan fingerprint density at radius 3 is 1.97 bits per heavy atom. The molecular weight excluding hydrogens is 442 g/mol. The summed E-state index contributed by atoms with van der Waals surface area (Å²) >= 11 is 0. The molecule has 0 spiro atoms. The van der Waals surface area contributed by atoms with Crippen molar-refractivity contribution in [3.63, 3.8) is 0 Å². The van der Waals surface area contributed by atoms with Crippen molar-refractivity contribution >= 4 is 21.8 Å². The van der Waals surface area contributed by atoms with Crippen LogP contribution in [0.5, 0.6) is 0 Å². The molecule has 0 amide bonds. The largest absolute Gasteiger partial charge is 0.430 e. The van der Waals surface area contributed by atoms with Crippen LogP contribution in [-0.2, 0) is 42.2 Å². The van der Waals surface area contributed by atoms with Crippen LogP contribution in [0.4, 0.5) is 0 Å². The fourth-order valence-electron chi connectivity index (χ4n) is 3.21. The van der Waals surface area contributed by atoms with Gasteiger partial charge in [0.2, 0.25) is 10.0 Å². The molecule has 0 aromatic heterocycles. The second-order valence-corrected chi connectivity index (χ2v) is 9.91. The molecule has 1 N–H and O–H groups in total. The minimum atomic E-state index is -3.90. The summed E-state index contributed by atoms with van der Waals surface area (Å²) in [6, 6.07) is 18.5. The van der Waals surface area contributed by atoms with Crippen molar-refractivity contribution in [3.05, 3.63) is 83.1 Å². The molecule has 178 valence electrons. The molecule has 0 fully saturated rings. The Kier molecular flexibility index (Phi) is 9.96. The second kappa shape index (κ2) is 12.4. The molecule has 8 heteroatoms. The number of carbonyl (C=O) groups is 2. The van der Waals surface area contributed by atoms with Crippen LogP contribution in [0.15, 0.2) is 72.0 Å². The van der Waals surface area contributed by atoms with Crippen molar-refractivity contribution in [1.82, 2.24) is 4.72 Å². The molecule has 2 unspecified atom stereocenters. The Hall–Kier alpha value is -2.81. The first-order chi connectivity index (χ1) is 15.6. The topological polar surface area (TPSA) is 98.8 Å². The molecule has 0 saturated carbocycles. The number of Topliss-reactive ketones (excluding diaryl/α,β-unsaturated/α-hetero) is 1. The van der Waals surface area contributed by atoms with Gasteiger partial charge in [-0.15, -0.1) is 0 Å². The van der Waals surface area contributed by atoms with Crippen LogP contribution in [-0.4, -0.2) is 31.5 Å². The van der Waals surface area contributed by atoms with Crippen molar-refractivity contribution < 1.29 is 27.5 Å². The van der Waals surface area contributed by atoms with Gasteiger partial charge in [0.25, 0.3) is 0 Å². The fraction of sp³-hybridized carbons (Fsp3) is 0.360. The highest BCUT2D eigenvalue weighted by molar-refractivity contribution is 7.90. The Morgan fingerprint density at radius 2 is 1.45 bits per heavy atom. The van der Waals surface area contributed by atoms with E-state index >= 15 is 0 Å². The second-order valence-electron chi connectivity index (χ2n) is 7.83. The monoisotopic (exact) mass is 473 g/mol. The number of sulfonamides is 1. The Bertz CT molecular complexity index is 1060. The van der Waals surface area contributed by atoms with E-state index in [0.29, 0.717) is 5.57 Å². The van der Waals surface area contributed by atoms with E-state index in [1.54, 1.807) is 6.92 Å². The highest BCUT2D eigenvalue weighted by atomic mass is 32.2. The van der Waals surface area contributed by atoms with Gasteiger partial charge in [0, 0.05) is 19.9 Å². The van der Waals surface area contributed by atoms with Gasteiger partial charge in [-0.05, 0) is 37.5 Å². The Balaban J connectivity index is 2.31. The summed E-state index contributed by atoms with van der Waals surface area (Å²) < 4.78 is 39.9. The number of esters is 1. The molecule has 0 bridgehead atoms. The van der Waals surface area contributed by atoms with E-state index in [-0.39, 0.29) is 31.1 Å². The van der Waals surface area contributed by atoms with Gasteiger partial charge in [0.1, 0.15) is 16.8 Å². The van der Waals surface area contributed by atoms with E-state index in [0.717, 1.165) is 11.1 Å². The third-order valence-electron chi connectivity index (χ3n) is 5.05. The van der Waals surface area contributed by atoms with Gasteiger partial charge >= 0.3 is 5.97 Å². The highest BCUT2D eigenvalue weighted by Crippen LogP contribution is 2.24. The SMILES string of the molecule is CC(=O)CC(OCc1ccccc1)/C(C)=C(/OC(C)=O)C(C)S(=O)(=O)NCc1ccccc1. The molecule has 0 saturated heterocycles. The number of hydrogen-bond donors (Lipinski definition) is 1. The highest BCUT2D eigenvalue weighted by Gasteiger charge is 2.31. The molecule has 0 radical (unpaired) electrons. The van der Waals surface area contributed by atoms with E-state index < -0.39 is 27.3 Å². The maximum atomic E-state index is 13.0. The molecular formula is C25H31NO6S. The molecule has 2 aromatic carbocycles. The number of rotatable bonds is 12. The van der Waals surface area contributed by atoms with Crippen LogP contribution >= 0.6 is 0 Å². The molecule has 0 aliphatic carbocycles. The third kappa shape index (κ3) is 8.57. The van der Waals surface area contributed by atoms with E-state index in [4.69, 9.17) is 9.47 Å². The van der Waals surface area contributed by atoms with E-state index in [1.165, 1.54) is 20.8 Å².